The number of hydrogen-bond donors (Lipinski definition) is 1. The normalized spacial score (nSPS) is 28.0. The number of rotatable bonds is 5. The molecule has 0 radical (unpaired) electrons. The van der Waals surface area contributed by atoms with Crippen LogP contribution in [0.5, 0.6) is 0 Å². The Bertz CT molecular complexity index is 737. The van der Waals surface area contributed by atoms with Crippen LogP contribution in [0.25, 0.3) is 0 Å². The molecule has 4 atom stereocenters. The first-order chi connectivity index (χ1) is 12.3. The molecule has 2 saturated heterocycles. The Morgan fingerprint density at radius 2 is 2.24 bits per heavy atom. The third-order valence-electron chi connectivity index (χ3n) is 4.54. The highest BCUT2D eigenvalue weighted by atomic mass is 16.6. The Balaban J connectivity index is 1.40. The van der Waals surface area contributed by atoms with Crippen LogP contribution in [0.15, 0.2) is 30.6 Å². The fourth-order valence-electron chi connectivity index (χ4n) is 3.26. The van der Waals surface area contributed by atoms with Crippen LogP contribution >= 0.6 is 0 Å². The summed E-state index contributed by atoms with van der Waals surface area (Å²) in [4.78, 5) is 15.8. The minimum atomic E-state index is -0.510. The molecule has 0 aromatic carbocycles. The van der Waals surface area contributed by atoms with E-state index in [0.29, 0.717) is 19.8 Å². The number of hydrogen-bond acceptors (Lipinski definition) is 8. The Labute approximate surface area is 144 Å². The molecule has 2 fully saturated rings. The molecular formula is C16H19N5O4. The van der Waals surface area contributed by atoms with E-state index in [1.54, 1.807) is 17.1 Å². The Kier molecular flexibility index (Phi) is 4.43. The van der Waals surface area contributed by atoms with E-state index in [1.807, 2.05) is 18.2 Å². The molecule has 9 nitrogen and oxygen atoms in total. The van der Waals surface area contributed by atoms with E-state index in [9.17, 15) is 4.79 Å². The van der Waals surface area contributed by atoms with E-state index in [-0.39, 0.29) is 30.0 Å². The molecule has 2 aliphatic heterocycles. The molecule has 0 saturated carbocycles. The van der Waals surface area contributed by atoms with Crippen molar-refractivity contribution in [3.8, 4) is 0 Å². The molecule has 2 aromatic rings. The van der Waals surface area contributed by atoms with Crippen LogP contribution in [-0.4, -0.2) is 64.5 Å². The van der Waals surface area contributed by atoms with Crippen LogP contribution in [0.4, 0.5) is 0 Å². The van der Waals surface area contributed by atoms with Crippen molar-refractivity contribution in [1.29, 1.82) is 0 Å². The molecule has 0 amide bonds. The molecule has 2 aromatic heterocycles. The number of pyridine rings is 1. The monoisotopic (exact) mass is 345 g/mol. The van der Waals surface area contributed by atoms with Crippen molar-refractivity contribution < 1.29 is 19.0 Å². The van der Waals surface area contributed by atoms with Gasteiger partial charge in [-0.2, -0.15) is 0 Å². The zero-order valence-electron chi connectivity index (χ0n) is 13.7. The zero-order chi connectivity index (χ0) is 17.2. The molecule has 0 spiro atoms. The molecule has 9 heteroatoms. The smallest absolute Gasteiger partial charge is 0.360 e. The van der Waals surface area contributed by atoms with Crippen LogP contribution < -0.4 is 5.32 Å². The molecule has 4 heterocycles. The van der Waals surface area contributed by atoms with Gasteiger partial charge in [0.15, 0.2) is 5.69 Å². The number of ether oxygens (including phenoxy) is 3. The number of nitrogens with one attached hydrogen (secondary N) is 1. The van der Waals surface area contributed by atoms with E-state index in [0.717, 1.165) is 5.69 Å². The van der Waals surface area contributed by atoms with Crippen molar-refractivity contribution in [3.05, 3.63) is 42.0 Å². The molecule has 0 bridgehead atoms. The molecule has 0 aliphatic carbocycles. The van der Waals surface area contributed by atoms with E-state index in [4.69, 9.17) is 9.47 Å². The van der Waals surface area contributed by atoms with E-state index in [1.165, 1.54) is 7.11 Å². The second-order valence-corrected chi connectivity index (χ2v) is 6.05. The maximum Gasteiger partial charge on any atom is 0.360 e. The van der Waals surface area contributed by atoms with Crippen LogP contribution in [0.1, 0.15) is 22.2 Å². The van der Waals surface area contributed by atoms with Gasteiger partial charge < -0.3 is 19.5 Å². The summed E-state index contributed by atoms with van der Waals surface area (Å²) in [6.07, 6.45) is 3.14. The Morgan fingerprint density at radius 3 is 3.04 bits per heavy atom. The van der Waals surface area contributed by atoms with Gasteiger partial charge in [0.2, 0.25) is 0 Å². The SMILES string of the molecule is COC(=O)c1cn([C@H]2CO[C@H]3[C@@H]2OC[C@@H]3NCc2ccccn2)nn1. The summed E-state index contributed by atoms with van der Waals surface area (Å²) in [5.41, 5.74) is 1.15. The van der Waals surface area contributed by atoms with Crippen LogP contribution in [0.3, 0.4) is 0 Å². The number of carbonyl (C=O) groups excluding carboxylic acids is 1. The van der Waals surface area contributed by atoms with Gasteiger partial charge in [-0.15, -0.1) is 5.10 Å². The quantitative estimate of drug-likeness (QED) is 0.753. The molecular weight excluding hydrogens is 326 g/mol. The number of fused-ring (bicyclic) bond motifs is 1. The van der Waals surface area contributed by atoms with Crippen LogP contribution in [-0.2, 0) is 20.8 Å². The maximum absolute atomic E-state index is 11.5. The summed E-state index contributed by atoms with van der Waals surface area (Å²) >= 11 is 0. The summed E-state index contributed by atoms with van der Waals surface area (Å²) in [6.45, 7) is 1.67. The van der Waals surface area contributed by atoms with E-state index in [2.05, 4.69) is 25.3 Å². The first-order valence-electron chi connectivity index (χ1n) is 8.13. The number of nitrogens with zero attached hydrogens (tertiary/aromatic N) is 4. The third-order valence-corrected chi connectivity index (χ3v) is 4.54. The number of carbonyl (C=O) groups is 1. The highest BCUT2D eigenvalue weighted by molar-refractivity contribution is 5.86. The van der Waals surface area contributed by atoms with Crippen molar-refractivity contribution >= 4 is 5.97 Å². The van der Waals surface area contributed by atoms with Gasteiger partial charge in [-0.3, -0.25) is 4.98 Å². The van der Waals surface area contributed by atoms with Crippen molar-refractivity contribution in [2.24, 2.45) is 0 Å². The van der Waals surface area contributed by atoms with Gasteiger partial charge in [-0.1, -0.05) is 11.3 Å². The standard InChI is InChI=1S/C16H19N5O4/c1-23-16(22)11-7-21(20-19-11)13-9-25-14-12(8-24-15(13)14)18-6-10-4-2-3-5-17-10/h2-5,7,12-15,18H,6,8-9H2,1H3/t12-,13-,14+,15+/m0/s1. The number of methoxy groups -OCH3 is 1. The lowest BCUT2D eigenvalue weighted by Gasteiger charge is -2.17. The fraction of sp³-hybridized carbons (Fsp3) is 0.500. The largest absolute Gasteiger partial charge is 0.464 e. The first kappa shape index (κ1) is 16.1. The summed E-state index contributed by atoms with van der Waals surface area (Å²) in [5.74, 6) is -0.510. The highest BCUT2D eigenvalue weighted by Crippen LogP contribution is 2.34. The predicted octanol–water partition coefficient (Wildman–Crippen LogP) is -0.0432. The average molecular weight is 345 g/mol. The van der Waals surface area contributed by atoms with Gasteiger partial charge in [0.25, 0.3) is 0 Å². The Morgan fingerprint density at radius 1 is 1.36 bits per heavy atom. The number of esters is 1. The second kappa shape index (κ2) is 6.87. The summed E-state index contributed by atoms with van der Waals surface area (Å²) in [6, 6.07) is 5.80. The molecule has 4 rings (SSSR count). The zero-order valence-corrected chi connectivity index (χ0v) is 13.7. The van der Waals surface area contributed by atoms with Crippen molar-refractivity contribution in [2.75, 3.05) is 20.3 Å². The summed E-state index contributed by atoms with van der Waals surface area (Å²) in [5, 5.41) is 11.3. The van der Waals surface area contributed by atoms with E-state index >= 15 is 0 Å². The van der Waals surface area contributed by atoms with Crippen molar-refractivity contribution in [2.45, 2.75) is 30.8 Å². The second-order valence-electron chi connectivity index (χ2n) is 6.05. The minimum absolute atomic E-state index is 0.0699. The lowest BCUT2D eigenvalue weighted by atomic mass is 10.1. The van der Waals surface area contributed by atoms with Gasteiger partial charge in [0.1, 0.15) is 18.2 Å². The molecule has 25 heavy (non-hydrogen) atoms. The lowest BCUT2D eigenvalue weighted by molar-refractivity contribution is 0.0592. The molecule has 0 unspecified atom stereocenters. The summed E-state index contributed by atoms with van der Waals surface area (Å²) in [7, 11) is 1.31. The molecule has 2 aliphatic rings. The van der Waals surface area contributed by atoms with Gasteiger partial charge >= 0.3 is 5.97 Å². The lowest BCUT2D eigenvalue weighted by Crippen LogP contribution is -2.40. The highest BCUT2D eigenvalue weighted by Gasteiger charge is 2.48. The van der Waals surface area contributed by atoms with Gasteiger partial charge in [-0.25, -0.2) is 9.48 Å². The van der Waals surface area contributed by atoms with Crippen molar-refractivity contribution in [1.82, 2.24) is 25.3 Å². The van der Waals surface area contributed by atoms with Crippen molar-refractivity contribution in [3.63, 3.8) is 0 Å². The third kappa shape index (κ3) is 3.13. The van der Waals surface area contributed by atoms with Gasteiger partial charge in [0, 0.05) is 12.7 Å². The van der Waals surface area contributed by atoms with Crippen LogP contribution in [0.2, 0.25) is 0 Å². The maximum atomic E-state index is 11.5. The van der Waals surface area contributed by atoms with Gasteiger partial charge in [0.05, 0.1) is 38.3 Å². The van der Waals surface area contributed by atoms with Gasteiger partial charge in [-0.05, 0) is 12.1 Å². The number of aromatic nitrogens is 4. The molecule has 1 N–H and O–H groups in total. The first-order valence-corrected chi connectivity index (χ1v) is 8.13. The van der Waals surface area contributed by atoms with Crippen LogP contribution in [0, 0.1) is 0 Å². The van der Waals surface area contributed by atoms with E-state index < -0.39 is 5.97 Å². The fourth-order valence-corrected chi connectivity index (χ4v) is 3.26. The minimum Gasteiger partial charge on any atom is -0.464 e. The summed E-state index contributed by atoms with van der Waals surface area (Å²) < 4.78 is 18.1. The Hall–Kier alpha value is -2.36. The molecule has 132 valence electrons. The topological polar surface area (TPSA) is 100 Å². The average Bonchev–Trinajstić information content (AvgIpc) is 3.36. The predicted molar refractivity (Wildman–Crippen MR) is 84.7 cm³/mol.